The fraction of sp³-hybridized carbons (Fsp3) is 1.00. The molecular formula is C11H16O2. The van der Waals surface area contributed by atoms with Crippen molar-refractivity contribution in [3.05, 3.63) is 0 Å². The lowest BCUT2D eigenvalue weighted by atomic mass is 9.78. The predicted molar refractivity (Wildman–Crippen MR) is 47.5 cm³/mol. The van der Waals surface area contributed by atoms with Gasteiger partial charge in [0, 0.05) is 0 Å². The lowest BCUT2D eigenvalue weighted by Crippen LogP contribution is -2.37. The van der Waals surface area contributed by atoms with Crippen molar-refractivity contribution in [3.8, 4) is 0 Å². The van der Waals surface area contributed by atoms with Gasteiger partial charge in [-0.1, -0.05) is 12.8 Å². The number of rotatable bonds is 1. The molecule has 0 aromatic heterocycles. The first kappa shape index (κ1) is 7.24. The summed E-state index contributed by atoms with van der Waals surface area (Å²) in [5, 5.41) is 0. The Bertz CT molecular complexity index is 265. The monoisotopic (exact) mass is 180 g/mol. The quantitative estimate of drug-likeness (QED) is 0.577. The summed E-state index contributed by atoms with van der Waals surface area (Å²) in [6, 6.07) is 0. The maximum absolute atomic E-state index is 5.97. The summed E-state index contributed by atoms with van der Waals surface area (Å²) in [5.74, 6) is 0. The first-order valence-electron chi connectivity index (χ1n) is 5.73. The zero-order valence-electron chi connectivity index (χ0n) is 7.92. The van der Waals surface area contributed by atoms with Crippen molar-refractivity contribution < 1.29 is 9.47 Å². The van der Waals surface area contributed by atoms with Gasteiger partial charge in [0.1, 0.15) is 11.2 Å². The molecule has 2 saturated heterocycles. The summed E-state index contributed by atoms with van der Waals surface area (Å²) in [6.45, 7) is 0. The second-order valence-electron chi connectivity index (χ2n) is 5.13. The molecule has 4 atom stereocenters. The predicted octanol–water partition coefficient (Wildman–Crippen LogP) is 2.02. The average molecular weight is 180 g/mol. The van der Waals surface area contributed by atoms with E-state index in [9.17, 15) is 0 Å². The van der Waals surface area contributed by atoms with Gasteiger partial charge in [-0.3, -0.25) is 0 Å². The highest BCUT2D eigenvalue weighted by molar-refractivity contribution is 5.28. The van der Waals surface area contributed by atoms with E-state index in [0.717, 1.165) is 0 Å². The molecule has 13 heavy (non-hydrogen) atoms. The van der Waals surface area contributed by atoms with Crippen LogP contribution in [0, 0.1) is 0 Å². The van der Waals surface area contributed by atoms with E-state index < -0.39 is 0 Å². The molecule has 0 aromatic carbocycles. The Labute approximate surface area is 78.6 Å². The second-order valence-corrected chi connectivity index (χ2v) is 5.13. The van der Waals surface area contributed by atoms with Crippen LogP contribution in [0.3, 0.4) is 0 Å². The third-order valence-corrected chi connectivity index (χ3v) is 4.63. The van der Waals surface area contributed by atoms with E-state index in [0.29, 0.717) is 12.2 Å². The Hall–Kier alpha value is -0.0800. The lowest BCUT2D eigenvalue weighted by molar-refractivity contribution is 0.131. The number of fused-ring (bicyclic) bond motifs is 3. The smallest absolute Gasteiger partial charge is 0.126 e. The van der Waals surface area contributed by atoms with Gasteiger partial charge in [0.25, 0.3) is 0 Å². The highest BCUT2D eigenvalue weighted by Crippen LogP contribution is 2.68. The van der Waals surface area contributed by atoms with Crippen LogP contribution in [-0.2, 0) is 9.47 Å². The first-order chi connectivity index (χ1) is 6.37. The minimum atomic E-state index is 0.215. The lowest BCUT2D eigenvalue weighted by Gasteiger charge is -2.22. The molecule has 4 unspecified atom stereocenters. The van der Waals surface area contributed by atoms with E-state index in [-0.39, 0.29) is 11.2 Å². The number of hydrogen-bond acceptors (Lipinski definition) is 2. The Balaban J connectivity index is 1.67. The maximum atomic E-state index is 5.97. The van der Waals surface area contributed by atoms with Crippen LogP contribution in [-0.4, -0.2) is 23.4 Å². The zero-order valence-corrected chi connectivity index (χ0v) is 7.92. The van der Waals surface area contributed by atoms with Crippen molar-refractivity contribution in [2.45, 2.75) is 68.4 Å². The number of hydrogen-bond donors (Lipinski definition) is 0. The highest BCUT2D eigenvalue weighted by Gasteiger charge is 2.80. The first-order valence-corrected chi connectivity index (χ1v) is 5.73. The SMILES string of the molecule is C1CCC2(C34CCCC3O4)OC2C1. The molecule has 2 saturated carbocycles. The van der Waals surface area contributed by atoms with Crippen LogP contribution in [0.4, 0.5) is 0 Å². The Kier molecular flexibility index (Phi) is 1.09. The van der Waals surface area contributed by atoms with Crippen LogP contribution < -0.4 is 0 Å². The Morgan fingerprint density at radius 2 is 1.38 bits per heavy atom. The topological polar surface area (TPSA) is 25.1 Å². The molecule has 0 aromatic rings. The molecule has 0 N–H and O–H groups in total. The van der Waals surface area contributed by atoms with E-state index in [2.05, 4.69) is 0 Å². The average Bonchev–Trinajstić information content (AvgIpc) is 3.03. The summed E-state index contributed by atoms with van der Waals surface area (Å²) in [5.41, 5.74) is 0.435. The minimum Gasteiger partial charge on any atom is -0.363 e. The van der Waals surface area contributed by atoms with Crippen molar-refractivity contribution in [3.63, 3.8) is 0 Å². The summed E-state index contributed by atoms with van der Waals surface area (Å²) in [6.07, 6.45) is 10.4. The molecule has 0 amide bonds. The standard InChI is InChI=1S/C11H16O2/c1-2-6-10(8(4-1)12-10)11-7-3-5-9(11)13-11/h8-9H,1-7H2. The largest absolute Gasteiger partial charge is 0.363 e. The van der Waals surface area contributed by atoms with Crippen LogP contribution in [0.15, 0.2) is 0 Å². The zero-order chi connectivity index (χ0) is 8.52. The minimum absolute atomic E-state index is 0.215. The Morgan fingerprint density at radius 3 is 1.92 bits per heavy atom. The van der Waals surface area contributed by atoms with Crippen LogP contribution in [0.25, 0.3) is 0 Å². The number of epoxide rings is 2. The van der Waals surface area contributed by atoms with Gasteiger partial charge < -0.3 is 9.47 Å². The van der Waals surface area contributed by atoms with Gasteiger partial charge in [0.2, 0.25) is 0 Å². The molecule has 2 heterocycles. The van der Waals surface area contributed by atoms with Crippen LogP contribution >= 0.6 is 0 Å². The summed E-state index contributed by atoms with van der Waals surface area (Å²) in [7, 11) is 0. The van der Waals surface area contributed by atoms with Crippen molar-refractivity contribution in [1.82, 2.24) is 0 Å². The molecule has 4 fully saturated rings. The molecule has 4 rings (SSSR count). The van der Waals surface area contributed by atoms with Gasteiger partial charge in [0.05, 0.1) is 12.2 Å². The van der Waals surface area contributed by atoms with Gasteiger partial charge in [-0.05, 0) is 32.1 Å². The van der Waals surface area contributed by atoms with Crippen molar-refractivity contribution >= 4 is 0 Å². The molecule has 0 radical (unpaired) electrons. The van der Waals surface area contributed by atoms with Gasteiger partial charge >= 0.3 is 0 Å². The van der Waals surface area contributed by atoms with Crippen molar-refractivity contribution in [2.75, 3.05) is 0 Å². The molecule has 2 aliphatic heterocycles. The summed E-state index contributed by atoms with van der Waals surface area (Å²) in [4.78, 5) is 0. The molecular weight excluding hydrogens is 164 g/mol. The van der Waals surface area contributed by atoms with Crippen LogP contribution in [0.5, 0.6) is 0 Å². The van der Waals surface area contributed by atoms with Gasteiger partial charge in [-0.15, -0.1) is 0 Å². The molecule has 2 heteroatoms. The van der Waals surface area contributed by atoms with E-state index in [4.69, 9.17) is 9.47 Å². The molecule has 2 nitrogen and oxygen atoms in total. The van der Waals surface area contributed by atoms with Gasteiger partial charge in [-0.25, -0.2) is 0 Å². The maximum Gasteiger partial charge on any atom is 0.126 e. The van der Waals surface area contributed by atoms with Crippen LogP contribution in [0.2, 0.25) is 0 Å². The van der Waals surface area contributed by atoms with E-state index in [1.54, 1.807) is 0 Å². The van der Waals surface area contributed by atoms with E-state index in [1.807, 2.05) is 0 Å². The van der Waals surface area contributed by atoms with E-state index in [1.165, 1.54) is 44.9 Å². The van der Waals surface area contributed by atoms with Crippen molar-refractivity contribution in [2.24, 2.45) is 0 Å². The molecule has 2 aliphatic carbocycles. The molecule has 0 spiro atoms. The number of ether oxygens (including phenoxy) is 2. The molecule has 72 valence electrons. The normalized spacial score (nSPS) is 62.8. The highest BCUT2D eigenvalue weighted by atomic mass is 16.7. The van der Waals surface area contributed by atoms with Crippen LogP contribution in [0.1, 0.15) is 44.9 Å². The summed E-state index contributed by atoms with van der Waals surface area (Å²) < 4.78 is 11.9. The third kappa shape index (κ3) is 0.668. The molecule has 0 bridgehead atoms. The fourth-order valence-corrected chi connectivity index (χ4v) is 3.90. The van der Waals surface area contributed by atoms with Gasteiger partial charge in [0.15, 0.2) is 0 Å². The molecule has 4 aliphatic rings. The fourth-order valence-electron chi connectivity index (χ4n) is 3.90. The second kappa shape index (κ2) is 1.96. The Morgan fingerprint density at radius 1 is 0.769 bits per heavy atom. The summed E-state index contributed by atoms with van der Waals surface area (Å²) >= 11 is 0. The van der Waals surface area contributed by atoms with Crippen molar-refractivity contribution in [1.29, 1.82) is 0 Å². The van der Waals surface area contributed by atoms with Gasteiger partial charge in [-0.2, -0.15) is 0 Å². The third-order valence-electron chi connectivity index (χ3n) is 4.63. The van der Waals surface area contributed by atoms with E-state index >= 15 is 0 Å².